The molecule has 1 amide bonds. The van der Waals surface area contributed by atoms with Crippen LogP contribution in [0.5, 0.6) is 5.75 Å². The second-order valence-corrected chi connectivity index (χ2v) is 12.2. The lowest BCUT2D eigenvalue weighted by Gasteiger charge is -2.29. The molecular formula is C33H28BrClN4O3S. The number of aromatic nitrogens is 1. The van der Waals surface area contributed by atoms with Crippen LogP contribution in [0.15, 0.2) is 92.3 Å². The first-order valence-corrected chi connectivity index (χ1v) is 15.7. The maximum Gasteiger partial charge on any atom is 0.271 e. The lowest BCUT2D eigenvalue weighted by molar-refractivity contribution is -0.127. The number of amides is 1. The van der Waals surface area contributed by atoms with Crippen LogP contribution in [0.1, 0.15) is 49.1 Å². The zero-order valence-electron chi connectivity index (χ0n) is 23.8. The fourth-order valence-corrected chi connectivity index (χ4v) is 6.63. The van der Waals surface area contributed by atoms with E-state index in [1.807, 2.05) is 69.3 Å². The molecule has 1 aliphatic heterocycles. The molecule has 1 atom stereocenters. The van der Waals surface area contributed by atoms with Crippen LogP contribution < -0.4 is 19.6 Å². The Balaban J connectivity index is 1.51. The summed E-state index contributed by atoms with van der Waals surface area (Å²) in [6, 6.07) is 21.6. The molecule has 0 saturated carbocycles. The summed E-state index contributed by atoms with van der Waals surface area (Å²) in [6.07, 6.45) is 1.82. The number of rotatable bonds is 8. The number of nitriles is 1. The monoisotopic (exact) mass is 674 g/mol. The van der Waals surface area contributed by atoms with E-state index in [1.54, 1.807) is 33.7 Å². The van der Waals surface area contributed by atoms with E-state index in [0.717, 1.165) is 21.2 Å². The molecule has 5 rings (SSSR count). The Kier molecular flexibility index (Phi) is 9.31. The summed E-state index contributed by atoms with van der Waals surface area (Å²) in [7, 11) is 0. The minimum absolute atomic E-state index is 0.138. The van der Waals surface area contributed by atoms with Crippen LogP contribution in [0.2, 0.25) is 5.02 Å². The van der Waals surface area contributed by atoms with Crippen molar-refractivity contribution < 1.29 is 9.53 Å². The molecule has 1 aromatic heterocycles. The SMILES string of the molecule is CCN(CC)C(=O)C1=C(C)N=c2s/c(=C/c3ccc(OCc4ccc(C#N)cc4)c(Br)c3)c(=O)n2[C@@H]1c1ccc(Cl)cc1. The highest BCUT2D eigenvalue weighted by Gasteiger charge is 2.34. The van der Waals surface area contributed by atoms with Crippen molar-refractivity contribution in [3.63, 3.8) is 0 Å². The van der Waals surface area contributed by atoms with E-state index >= 15 is 0 Å². The van der Waals surface area contributed by atoms with E-state index in [-0.39, 0.29) is 11.5 Å². The van der Waals surface area contributed by atoms with Gasteiger partial charge in [-0.05, 0) is 95.9 Å². The van der Waals surface area contributed by atoms with Gasteiger partial charge in [-0.1, -0.05) is 53.3 Å². The summed E-state index contributed by atoms with van der Waals surface area (Å²) in [5, 5.41) is 9.56. The van der Waals surface area contributed by atoms with Crippen molar-refractivity contribution in [1.29, 1.82) is 5.26 Å². The van der Waals surface area contributed by atoms with Crippen LogP contribution in [0.4, 0.5) is 0 Å². The molecule has 3 aromatic carbocycles. The lowest BCUT2D eigenvalue weighted by Crippen LogP contribution is -2.43. The molecule has 2 heterocycles. The first-order chi connectivity index (χ1) is 20.7. The molecular weight excluding hydrogens is 648 g/mol. The second kappa shape index (κ2) is 13.1. The molecule has 1 aliphatic rings. The molecule has 0 aliphatic carbocycles. The van der Waals surface area contributed by atoms with Crippen LogP contribution in [-0.2, 0) is 11.4 Å². The molecule has 7 nitrogen and oxygen atoms in total. The molecule has 218 valence electrons. The number of fused-ring (bicyclic) bond motifs is 1. The van der Waals surface area contributed by atoms with Crippen molar-refractivity contribution in [2.75, 3.05) is 13.1 Å². The Labute approximate surface area is 266 Å². The highest BCUT2D eigenvalue weighted by atomic mass is 79.9. The van der Waals surface area contributed by atoms with Crippen molar-refractivity contribution in [2.45, 2.75) is 33.4 Å². The van der Waals surface area contributed by atoms with Crippen LogP contribution in [0.3, 0.4) is 0 Å². The Morgan fingerprint density at radius 3 is 2.47 bits per heavy atom. The normalized spacial score (nSPS) is 14.6. The van der Waals surface area contributed by atoms with E-state index in [4.69, 9.17) is 26.6 Å². The summed E-state index contributed by atoms with van der Waals surface area (Å²) < 4.78 is 8.83. The molecule has 0 fully saturated rings. The zero-order chi connectivity index (χ0) is 30.7. The van der Waals surface area contributed by atoms with Gasteiger partial charge in [-0.3, -0.25) is 14.2 Å². The van der Waals surface area contributed by atoms with Crippen LogP contribution in [0, 0.1) is 11.3 Å². The molecule has 43 heavy (non-hydrogen) atoms. The summed E-state index contributed by atoms with van der Waals surface area (Å²) in [4.78, 5) is 34.7. The number of ether oxygens (including phenoxy) is 1. The van der Waals surface area contributed by atoms with E-state index in [1.165, 1.54) is 11.3 Å². The molecule has 0 radical (unpaired) electrons. The molecule has 10 heteroatoms. The molecule has 0 saturated heterocycles. The van der Waals surface area contributed by atoms with E-state index in [0.29, 0.717) is 56.6 Å². The van der Waals surface area contributed by atoms with Gasteiger partial charge < -0.3 is 9.64 Å². The Hall–Kier alpha value is -3.97. The summed E-state index contributed by atoms with van der Waals surface area (Å²) >= 11 is 11.1. The summed E-state index contributed by atoms with van der Waals surface area (Å²) in [5.74, 6) is 0.516. The average Bonchev–Trinajstić information content (AvgIpc) is 3.31. The van der Waals surface area contributed by atoms with Crippen LogP contribution in [0.25, 0.3) is 6.08 Å². The van der Waals surface area contributed by atoms with Gasteiger partial charge in [0.25, 0.3) is 11.5 Å². The first-order valence-electron chi connectivity index (χ1n) is 13.7. The first kappa shape index (κ1) is 30.5. The molecule has 0 spiro atoms. The number of halogens is 2. The smallest absolute Gasteiger partial charge is 0.271 e. The molecule has 4 aromatic rings. The number of nitrogens with zero attached hydrogens (tertiary/aromatic N) is 4. The van der Waals surface area contributed by atoms with Crippen LogP contribution >= 0.6 is 38.9 Å². The number of carbonyl (C=O) groups is 1. The third-order valence-electron chi connectivity index (χ3n) is 7.22. The standard InChI is InChI=1S/C33H28BrClN4O3S/c1-4-38(5-2)32(41)29-20(3)37-33-39(30(29)24-11-13-25(35)14-12-24)31(40)28(43-33)17-23-10-15-27(26(34)16-23)42-19-22-8-6-21(18-36)7-9-22/h6-17,30H,4-5,19H2,1-3H3/b28-17+/t30-/m1/s1. The largest absolute Gasteiger partial charge is 0.488 e. The third-order valence-corrected chi connectivity index (χ3v) is 9.07. The number of thiazole rings is 1. The van der Waals surface area contributed by atoms with Gasteiger partial charge in [-0.25, -0.2) is 4.99 Å². The number of benzene rings is 3. The predicted octanol–water partition coefficient (Wildman–Crippen LogP) is 5.97. The fraction of sp³-hybridized carbons (Fsp3) is 0.212. The van der Waals surface area contributed by atoms with E-state index in [2.05, 4.69) is 22.0 Å². The van der Waals surface area contributed by atoms with Gasteiger partial charge in [0.15, 0.2) is 4.80 Å². The van der Waals surface area contributed by atoms with Crippen molar-refractivity contribution in [3.8, 4) is 11.8 Å². The van der Waals surface area contributed by atoms with Gasteiger partial charge in [0.05, 0.1) is 37.9 Å². The highest BCUT2D eigenvalue weighted by molar-refractivity contribution is 9.10. The quantitative estimate of drug-likeness (QED) is 0.230. The summed E-state index contributed by atoms with van der Waals surface area (Å²) in [6.45, 7) is 7.14. The van der Waals surface area contributed by atoms with Gasteiger partial charge in [0, 0.05) is 18.1 Å². The maximum atomic E-state index is 14.0. The maximum absolute atomic E-state index is 14.0. The number of likely N-dealkylation sites (N-methyl/N-ethyl adjacent to an activating group) is 1. The zero-order valence-corrected chi connectivity index (χ0v) is 27.0. The van der Waals surface area contributed by atoms with Gasteiger partial charge in [-0.15, -0.1) is 0 Å². The van der Waals surface area contributed by atoms with Gasteiger partial charge >= 0.3 is 0 Å². The molecule has 0 bridgehead atoms. The topological polar surface area (TPSA) is 87.7 Å². The van der Waals surface area contributed by atoms with Crippen molar-refractivity contribution in [2.24, 2.45) is 4.99 Å². The Bertz CT molecular complexity index is 1940. The number of carbonyl (C=O) groups excluding carboxylic acids is 1. The summed E-state index contributed by atoms with van der Waals surface area (Å²) in [5.41, 5.74) is 3.99. The van der Waals surface area contributed by atoms with E-state index < -0.39 is 6.04 Å². The van der Waals surface area contributed by atoms with Crippen LogP contribution in [-0.4, -0.2) is 28.5 Å². The minimum Gasteiger partial charge on any atom is -0.488 e. The van der Waals surface area contributed by atoms with Crippen molar-refractivity contribution in [1.82, 2.24) is 9.47 Å². The van der Waals surface area contributed by atoms with Gasteiger partial charge in [0.2, 0.25) is 0 Å². The van der Waals surface area contributed by atoms with E-state index in [9.17, 15) is 9.59 Å². The predicted molar refractivity (Wildman–Crippen MR) is 173 cm³/mol. The van der Waals surface area contributed by atoms with Crippen molar-refractivity contribution in [3.05, 3.63) is 129 Å². The number of hydrogen-bond acceptors (Lipinski definition) is 6. The Morgan fingerprint density at radius 2 is 1.84 bits per heavy atom. The minimum atomic E-state index is -0.631. The van der Waals surface area contributed by atoms with Gasteiger partial charge in [-0.2, -0.15) is 5.26 Å². The molecule has 0 N–H and O–H groups in total. The molecule has 0 unspecified atom stereocenters. The lowest BCUT2D eigenvalue weighted by atomic mass is 9.94. The number of hydrogen-bond donors (Lipinski definition) is 0. The average molecular weight is 676 g/mol. The van der Waals surface area contributed by atoms with Crippen molar-refractivity contribution >= 4 is 50.9 Å². The fourth-order valence-electron chi connectivity index (χ4n) is 4.95. The highest BCUT2D eigenvalue weighted by Crippen LogP contribution is 2.32. The van der Waals surface area contributed by atoms with Gasteiger partial charge in [0.1, 0.15) is 12.4 Å². The number of allylic oxidation sites excluding steroid dienone is 1. The third kappa shape index (κ3) is 6.37. The second-order valence-electron chi connectivity index (χ2n) is 9.90. The Morgan fingerprint density at radius 1 is 1.14 bits per heavy atom.